The molecule has 3 heteroatoms. The second kappa shape index (κ2) is 3.30. The number of thiophene rings is 1. The van der Waals surface area contributed by atoms with Crippen molar-refractivity contribution in [3.63, 3.8) is 0 Å². The SMILES string of the molecule is NCC1(c2cc3c(s2)CCC3)CC(O)C1. The van der Waals surface area contributed by atoms with Gasteiger partial charge in [-0.3, -0.25) is 0 Å². The van der Waals surface area contributed by atoms with E-state index in [4.69, 9.17) is 5.73 Å². The summed E-state index contributed by atoms with van der Waals surface area (Å²) in [7, 11) is 0. The fourth-order valence-corrected chi connectivity index (χ4v) is 4.37. The van der Waals surface area contributed by atoms with Gasteiger partial charge in [0.05, 0.1) is 6.10 Å². The van der Waals surface area contributed by atoms with Crippen molar-refractivity contribution in [3.8, 4) is 0 Å². The van der Waals surface area contributed by atoms with E-state index >= 15 is 0 Å². The van der Waals surface area contributed by atoms with E-state index in [1.807, 2.05) is 11.3 Å². The van der Waals surface area contributed by atoms with Crippen molar-refractivity contribution in [2.75, 3.05) is 6.54 Å². The largest absolute Gasteiger partial charge is 0.393 e. The van der Waals surface area contributed by atoms with Crippen LogP contribution < -0.4 is 5.73 Å². The molecule has 2 nitrogen and oxygen atoms in total. The number of fused-ring (bicyclic) bond motifs is 1. The number of nitrogens with two attached hydrogens (primary N) is 1. The first kappa shape index (κ1) is 9.82. The molecule has 2 aliphatic carbocycles. The van der Waals surface area contributed by atoms with E-state index in [1.54, 1.807) is 10.4 Å². The Balaban J connectivity index is 1.91. The van der Waals surface area contributed by atoms with Crippen molar-refractivity contribution in [1.29, 1.82) is 0 Å². The molecule has 1 saturated carbocycles. The first-order chi connectivity index (χ1) is 7.23. The van der Waals surface area contributed by atoms with Gasteiger partial charge in [0.15, 0.2) is 0 Å². The van der Waals surface area contributed by atoms with Crippen LogP contribution in [0.2, 0.25) is 0 Å². The predicted octanol–water partition coefficient (Wildman–Crippen LogP) is 1.59. The highest BCUT2D eigenvalue weighted by Gasteiger charge is 2.45. The maximum atomic E-state index is 9.47. The molecule has 0 radical (unpaired) electrons. The van der Waals surface area contributed by atoms with Crippen molar-refractivity contribution in [2.24, 2.45) is 5.73 Å². The number of aryl methyl sites for hydroxylation is 2. The number of hydrogen-bond donors (Lipinski definition) is 2. The molecule has 1 aromatic heterocycles. The summed E-state index contributed by atoms with van der Waals surface area (Å²) < 4.78 is 0. The second-order valence-corrected chi connectivity index (χ2v) is 6.10. The van der Waals surface area contributed by atoms with Crippen LogP contribution in [0.5, 0.6) is 0 Å². The van der Waals surface area contributed by atoms with E-state index in [9.17, 15) is 5.11 Å². The molecule has 82 valence electrons. The molecule has 3 rings (SSSR count). The van der Waals surface area contributed by atoms with Crippen LogP contribution in [0.15, 0.2) is 6.07 Å². The molecule has 0 spiro atoms. The summed E-state index contributed by atoms with van der Waals surface area (Å²) in [5.74, 6) is 0. The zero-order valence-electron chi connectivity index (χ0n) is 8.83. The molecule has 15 heavy (non-hydrogen) atoms. The standard InChI is InChI=1S/C12H17NOS/c13-7-12(5-9(14)6-12)11-4-8-2-1-3-10(8)15-11/h4,9,14H,1-3,5-7,13H2. The minimum atomic E-state index is -0.120. The zero-order chi connectivity index (χ0) is 10.5. The monoisotopic (exact) mass is 223 g/mol. The number of hydrogen-bond acceptors (Lipinski definition) is 3. The summed E-state index contributed by atoms with van der Waals surface area (Å²) in [6.07, 6.45) is 5.43. The Morgan fingerprint density at radius 3 is 2.87 bits per heavy atom. The van der Waals surface area contributed by atoms with Gasteiger partial charge in [-0.25, -0.2) is 0 Å². The predicted molar refractivity (Wildman–Crippen MR) is 62.3 cm³/mol. The fourth-order valence-electron chi connectivity index (χ4n) is 2.90. The summed E-state index contributed by atoms with van der Waals surface area (Å²) in [5, 5.41) is 9.47. The molecule has 1 fully saturated rings. The van der Waals surface area contributed by atoms with E-state index in [1.165, 1.54) is 24.1 Å². The van der Waals surface area contributed by atoms with Crippen LogP contribution in [-0.4, -0.2) is 17.8 Å². The fraction of sp³-hybridized carbons (Fsp3) is 0.667. The highest BCUT2D eigenvalue weighted by molar-refractivity contribution is 7.12. The number of aliphatic hydroxyl groups is 1. The van der Waals surface area contributed by atoms with Gasteiger partial charge in [-0.1, -0.05) is 0 Å². The van der Waals surface area contributed by atoms with Crippen molar-refractivity contribution in [1.82, 2.24) is 0 Å². The Morgan fingerprint density at radius 1 is 1.47 bits per heavy atom. The van der Waals surface area contributed by atoms with Gasteiger partial charge in [0.1, 0.15) is 0 Å². The molecule has 0 saturated heterocycles. The lowest BCUT2D eigenvalue weighted by Gasteiger charge is -2.44. The Labute approximate surface area is 94.1 Å². The van der Waals surface area contributed by atoms with Crippen LogP contribution >= 0.6 is 11.3 Å². The molecule has 0 aliphatic heterocycles. The third-order valence-corrected chi connectivity index (χ3v) is 5.40. The topological polar surface area (TPSA) is 46.2 Å². The van der Waals surface area contributed by atoms with E-state index in [2.05, 4.69) is 6.07 Å². The van der Waals surface area contributed by atoms with Gasteiger partial charge in [-0.15, -0.1) is 11.3 Å². The van der Waals surface area contributed by atoms with E-state index < -0.39 is 0 Å². The van der Waals surface area contributed by atoms with Gasteiger partial charge < -0.3 is 10.8 Å². The smallest absolute Gasteiger partial charge is 0.0558 e. The lowest BCUT2D eigenvalue weighted by Crippen LogP contribution is -2.49. The van der Waals surface area contributed by atoms with Gasteiger partial charge in [-0.05, 0) is 43.7 Å². The normalized spacial score (nSPS) is 33.9. The Kier molecular flexibility index (Phi) is 2.16. The van der Waals surface area contributed by atoms with E-state index in [-0.39, 0.29) is 11.5 Å². The molecule has 0 amide bonds. The summed E-state index contributed by atoms with van der Waals surface area (Å²) in [6.45, 7) is 0.684. The third-order valence-electron chi connectivity index (χ3n) is 3.91. The molecule has 2 aliphatic rings. The van der Waals surface area contributed by atoms with Gasteiger partial charge in [0.2, 0.25) is 0 Å². The van der Waals surface area contributed by atoms with Crippen molar-refractivity contribution < 1.29 is 5.11 Å². The lowest BCUT2D eigenvalue weighted by molar-refractivity contribution is 0.0239. The van der Waals surface area contributed by atoms with Gasteiger partial charge in [0, 0.05) is 21.7 Å². The summed E-state index contributed by atoms with van der Waals surface area (Å²) >= 11 is 1.94. The first-order valence-corrected chi connectivity index (χ1v) is 6.55. The maximum Gasteiger partial charge on any atom is 0.0558 e. The lowest BCUT2D eigenvalue weighted by atomic mass is 9.66. The number of aliphatic hydroxyl groups excluding tert-OH is 1. The van der Waals surface area contributed by atoms with Crippen LogP contribution in [0, 0.1) is 0 Å². The van der Waals surface area contributed by atoms with E-state index in [0.29, 0.717) is 6.54 Å². The van der Waals surface area contributed by atoms with Crippen molar-refractivity contribution >= 4 is 11.3 Å². The van der Waals surface area contributed by atoms with Crippen LogP contribution in [0.25, 0.3) is 0 Å². The third kappa shape index (κ3) is 1.37. The molecule has 0 atom stereocenters. The second-order valence-electron chi connectivity index (χ2n) is 4.96. The molecule has 0 aromatic carbocycles. The minimum absolute atomic E-state index is 0.119. The number of rotatable bonds is 2. The molecule has 0 unspecified atom stereocenters. The average Bonchev–Trinajstić information content (AvgIpc) is 2.71. The first-order valence-electron chi connectivity index (χ1n) is 5.74. The minimum Gasteiger partial charge on any atom is -0.393 e. The van der Waals surface area contributed by atoms with Gasteiger partial charge >= 0.3 is 0 Å². The van der Waals surface area contributed by atoms with Gasteiger partial charge in [0.25, 0.3) is 0 Å². The Bertz CT molecular complexity index is 357. The molecule has 1 aromatic rings. The molecule has 1 heterocycles. The van der Waals surface area contributed by atoms with Crippen LogP contribution in [-0.2, 0) is 18.3 Å². The molecule has 0 bridgehead atoms. The highest BCUT2D eigenvalue weighted by Crippen LogP contribution is 2.47. The maximum absolute atomic E-state index is 9.47. The van der Waals surface area contributed by atoms with Crippen LogP contribution in [0.4, 0.5) is 0 Å². The summed E-state index contributed by atoms with van der Waals surface area (Å²) in [4.78, 5) is 3.00. The molecule has 3 N–H and O–H groups in total. The quantitative estimate of drug-likeness (QED) is 0.800. The highest BCUT2D eigenvalue weighted by atomic mass is 32.1. The Hall–Kier alpha value is -0.380. The Morgan fingerprint density at radius 2 is 2.27 bits per heavy atom. The van der Waals surface area contributed by atoms with E-state index in [0.717, 1.165) is 12.8 Å². The van der Waals surface area contributed by atoms with Gasteiger partial charge in [-0.2, -0.15) is 0 Å². The van der Waals surface area contributed by atoms with Crippen molar-refractivity contribution in [2.45, 2.75) is 43.6 Å². The zero-order valence-corrected chi connectivity index (χ0v) is 9.65. The van der Waals surface area contributed by atoms with Crippen molar-refractivity contribution in [3.05, 3.63) is 21.4 Å². The average molecular weight is 223 g/mol. The summed E-state index contributed by atoms with van der Waals surface area (Å²) in [5.41, 5.74) is 7.54. The summed E-state index contributed by atoms with van der Waals surface area (Å²) in [6, 6.07) is 2.35. The van der Waals surface area contributed by atoms with Crippen LogP contribution in [0.3, 0.4) is 0 Å². The van der Waals surface area contributed by atoms with Crippen LogP contribution in [0.1, 0.15) is 34.6 Å². The molecular formula is C12H17NOS. The molecular weight excluding hydrogens is 206 g/mol.